The summed E-state index contributed by atoms with van der Waals surface area (Å²) in [6.07, 6.45) is -0.389. The van der Waals surface area contributed by atoms with E-state index in [0.29, 0.717) is 5.02 Å². The largest absolute Gasteiger partial charge is 0.467 e. The van der Waals surface area contributed by atoms with Crippen molar-refractivity contribution in [3.63, 3.8) is 0 Å². The Morgan fingerprint density at radius 3 is 2.10 bits per heavy atom. The second-order valence-electron chi connectivity index (χ2n) is 7.38. The molecular weight excluding hydrogens is 414 g/mol. The number of carbonyl (C=O) groups excluding carboxylic acids is 2. The Hall–Kier alpha value is -3.31. The smallest absolute Gasteiger partial charge is 0.407 e. The summed E-state index contributed by atoms with van der Waals surface area (Å²) < 4.78 is 10.4. The molecule has 0 aromatic heterocycles. The summed E-state index contributed by atoms with van der Waals surface area (Å²) >= 11 is 5.92. The van der Waals surface area contributed by atoms with Crippen molar-refractivity contribution in [2.24, 2.45) is 0 Å². The summed E-state index contributed by atoms with van der Waals surface area (Å²) in [7, 11) is 1.29. The average molecular weight is 436 g/mol. The van der Waals surface area contributed by atoms with Gasteiger partial charge < -0.3 is 14.8 Å². The lowest BCUT2D eigenvalue weighted by atomic mass is 9.98. The van der Waals surface area contributed by atoms with Gasteiger partial charge in [-0.25, -0.2) is 9.59 Å². The minimum atomic E-state index is -0.859. The molecule has 0 aliphatic heterocycles. The van der Waals surface area contributed by atoms with Crippen molar-refractivity contribution in [2.75, 3.05) is 13.7 Å². The lowest BCUT2D eigenvalue weighted by molar-refractivity contribution is -0.142. The fourth-order valence-electron chi connectivity index (χ4n) is 3.97. The number of ether oxygens (including phenoxy) is 2. The van der Waals surface area contributed by atoms with Gasteiger partial charge in [0.05, 0.1) is 7.11 Å². The quantitative estimate of drug-likeness (QED) is 0.555. The van der Waals surface area contributed by atoms with Crippen LogP contribution in [0.1, 0.15) is 22.6 Å². The molecular formula is C25H22ClNO4. The molecule has 0 fully saturated rings. The third-order valence-electron chi connectivity index (χ3n) is 5.47. The molecule has 158 valence electrons. The monoisotopic (exact) mass is 435 g/mol. The molecule has 31 heavy (non-hydrogen) atoms. The van der Waals surface area contributed by atoms with Crippen molar-refractivity contribution in [1.82, 2.24) is 5.32 Å². The fraction of sp³-hybridized carbons (Fsp3) is 0.200. The molecule has 3 aromatic rings. The summed E-state index contributed by atoms with van der Waals surface area (Å²) in [5.74, 6) is -0.588. The minimum absolute atomic E-state index is 0.0500. The fourth-order valence-corrected chi connectivity index (χ4v) is 4.10. The SMILES string of the molecule is COC(=O)[C@H](Cc1ccc(Cl)cc1)NC(=O)OCC1c2ccccc2-c2ccccc21. The van der Waals surface area contributed by atoms with Crippen LogP contribution in [0.3, 0.4) is 0 Å². The predicted octanol–water partition coefficient (Wildman–Crippen LogP) is 4.96. The first-order chi connectivity index (χ1) is 15.1. The number of alkyl carbamates (subject to hydrolysis) is 1. The Bertz CT molecular complexity index is 1050. The van der Waals surface area contributed by atoms with Gasteiger partial charge in [0.2, 0.25) is 0 Å². The Morgan fingerprint density at radius 1 is 0.935 bits per heavy atom. The van der Waals surface area contributed by atoms with E-state index in [2.05, 4.69) is 29.6 Å². The highest BCUT2D eigenvalue weighted by molar-refractivity contribution is 6.30. The number of hydrogen-bond acceptors (Lipinski definition) is 4. The number of benzene rings is 3. The summed E-state index contributed by atoms with van der Waals surface area (Å²) in [6.45, 7) is 0.175. The van der Waals surface area contributed by atoms with Gasteiger partial charge in [0.25, 0.3) is 0 Å². The third kappa shape index (κ3) is 4.57. The van der Waals surface area contributed by atoms with Crippen LogP contribution in [0.15, 0.2) is 72.8 Å². The van der Waals surface area contributed by atoms with Crippen molar-refractivity contribution in [1.29, 1.82) is 0 Å². The molecule has 1 amide bonds. The lowest BCUT2D eigenvalue weighted by Crippen LogP contribution is -2.43. The number of methoxy groups -OCH3 is 1. The van der Waals surface area contributed by atoms with Crippen LogP contribution in [0.4, 0.5) is 4.79 Å². The highest BCUT2D eigenvalue weighted by Crippen LogP contribution is 2.44. The number of halogens is 1. The van der Waals surface area contributed by atoms with Gasteiger partial charge in [0.1, 0.15) is 12.6 Å². The van der Waals surface area contributed by atoms with E-state index in [0.717, 1.165) is 27.8 Å². The summed E-state index contributed by atoms with van der Waals surface area (Å²) in [4.78, 5) is 24.7. The van der Waals surface area contributed by atoms with E-state index in [9.17, 15) is 9.59 Å². The first-order valence-electron chi connectivity index (χ1n) is 10.0. The average Bonchev–Trinajstić information content (AvgIpc) is 3.12. The maximum atomic E-state index is 12.5. The Morgan fingerprint density at radius 2 is 1.52 bits per heavy atom. The molecule has 4 rings (SSSR count). The molecule has 1 atom stereocenters. The van der Waals surface area contributed by atoms with Gasteiger partial charge in [0.15, 0.2) is 0 Å². The molecule has 0 saturated carbocycles. The number of hydrogen-bond donors (Lipinski definition) is 1. The van der Waals surface area contributed by atoms with E-state index < -0.39 is 18.1 Å². The maximum Gasteiger partial charge on any atom is 0.407 e. The first-order valence-corrected chi connectivity index (χ1v) is 10.4. The maximum absolute atomic E-state index is 12.5. The van der Waals surface area contributed by atoms with Crippen LogP contribution in [-0.2, 0) is 20.7 Å². The number of nitrogens with one attached hydrogen (secondary N) is 1. The van der Waals surface area contributed by atoms with Crippen LogP contribution in [0, 0.1) is 0 Å². The number of carbonyl (C=O) groups is 2. The highest BCUT2D eigenvalue weighted by atomic mass is 35.5. The van der Waals surface area contributed by atoms with Crippen LogP contribution in [0.25, 0.3) is 11.1 Å². The number of amides is 1. The second kappa shape index (κ2) is 9.23. The molecule has 0 saturated heterocycles. The summed E-state index contributed by atoms with van der Waals surface area (Å²) in [5, 5.41) is 3.23. The van der Waals surface area contributed by atoms with Crippen molar-refractivity contribution in [2.45, 2.75) is 18.4 Å². The number of fused-ring (bicyclic) bond motifs is 3. The topological polar surface area (TPSA) is 64.6 Å². The van der Waals surface area contributed by atoms with E-state index in [4.69, 9.17) is 21.1 Å². The minimum Gasteiger partial charge on any atom is -0.467 e. The normalized spacial score (nSPS) is 13.1. The molecule has 0 unspecified atom stereocenters. The van der Waals surface area contributed by atoms with Crippen molar-refractivity contribution >= 4 is 23.7 Å². The molecule has 0 radical (unpaired) electrons. The predicted molar refractivity (Wildman–Crippen MR) is 119 cm³/mol. The third-order valence-corrected chi connectivity index (χ3v) is 5.73. The number of rotatable bonds is 6. The molecule has 0 spiro atoms. The summed E-state index contributed by atoms with van der Waals surface area (Å²) in [6, 6.07) is 22.5. The molecule has 1 aliphatic rings. The summed E-state index contributed by atoms with van der Waals surface area (Å²) in [5.41, 5.74) is 5.41. The Balaban J connectivity index is 1.44. The zero-order valence-corrected chi connectivity index (χ0v) is 17.8. The Kier molecular flexibility index (Phi) is 6.23. The number of esters is 1. The van der Waals surface area contributed by atoms with Crippen LogP contribution in [0.5, 0.6) is 0 Å². The van der Waals surface area contributed by atoms with Crippen LogP contribution in [0.2, 0.25) is 5.02 Å². The molecule has 0 heterocycles. The van der Waals surface area contributed by atoms with Gasteiger partial charge in [-0.2, -0.15) is 0 Å². The van der Waals surface area contributed by atoms with Gasteiger partial charge in [0, 0.05) is 17.4 Å². The highest BCUT2D eigenvalue weighted by Gasteiger charge is 2.30. The van der Waals surface area contributed by atoms with Crippen molar-refractivity contribution in [3.05, 3.63) is 94.5 Å². The van der Waals surface area contributed by atoms with Crippen LogP contribution in [-0.4, -0.2) is 31.8 Å². The van der Waals surface area contributed by atoms with Crippen LogP contribution >= 0.6 is 11.6 Å². The zero-order valence-electron chi connectivity index (χ0n) is 17.0. The van der Waals surface area contributed by atoms with Gasteiger partial charge >= 0.3 is 12.1 Å². The van der Waals surface area contributed by atoms with Gasteiger partial charge in [-0.3, -0.25) is 0 Å². The first kappa shape index (κ1) is 20.9. The molecule has 0 bridgehead atoms. The van der Waals surface area contributed by atoms with Gasteiger partial charge in [-0.05, 0) is 39.9 Å². The van der Waals surface area contributed by atoms with Crippen LogP contribution < -0.4 is 5.32 Å². The molecule has 6 heteroatoms. The van der Waals surface area contributed by atoms with Gasteiger partial charge in [-0.1, -0.05) is 72.3 Å². The zero-order chi connectivity index (χ0) is 21.8. The van der Waals surface area contributed by atoms with E-state index in [-0.39, 0.29) is 18.9 Å². The Labute approximate surface area is 185 Å². The molecule has 5 nitrogen and oxygen atoms in total. The molecule has 1 N–H and O–H groups in total. The van der Waals surface area contributed by atoms with Crippen molar-refractivity contribution < 1.29 is 19.1 Å². The van der Waals surface area contributed by atoms with Gasteiger partial charge in [-0.15, -0.1) is 0 Å². The van der Waals surface area contributed by atoms with Crippen molar-refractivity contribution in [3.8, 4) is 11.1 Å². The molecule has 1 aliphatic carbocycles. The van der Waals surface area contributed by atoms with E-state index in [1.165, 1.54) is 7.11 Å². The van der Waals surface area contributed by atoms with E-state index in [1.807, 2.05) is 24.3 Å². The van der Waals surface area contributed by atoms with E-state index in [1.54, 1.807) is 24.3 Å². The standard InChI is InChI=1S/C25H22ClNO4/c1-30-24(28)23(14-16-10-12-17(26)13-11-16)27-25(29)31-15-22-20-8-4-2-6-18(20)19-7-3-5-9-21(19)22/h2-13,22-23H,14-15H2,1H3,(H,27,29)/t23-/m0/s1. The lowest BCUT2D eigenvalue weighted by Gasteiger charge is -2.18. The van der Waals surface area contributed by atoms with E-state index >= 15 is 0 Å². The second-order valence-corrected chi connectivity index (χ2v) is 7.81. The molecule has 3 aromatic carbocycles.